The van der Waals surface area contributed by atoms with Crippen molar-refractivity contribution in [2.75, 3.05) is 20.8 Å². The van der Waals surface area contributed by atoms with Gasteiger partial charge in [0.2, 0.25) is 0 Å². The summed E-state index contributed by atoms with van der Waals surface area (Å²) in [7, 11) is 3.87. The van der Waals surface area contributed by atoms with E-state index in [1.165, 1.54) is 44.9 Å². The lowest BCUT2D eigenvalue weighted by Crippen LogP contribution is -2.28. The zero-order valence-corrected chi connectivity index (χ0v) is 11.7. The zero-order chi connectivity index (χ0) is 12.2. The molecule has 16 heavy (non-hydrogen) atoms. The lowest BCUT2D eigenvalue weighted by Gasteiger charge is -2.22. The molecule has 0 aliphatic carbocycles. The van der Waals surface area contributed by atoms with Crippen LogP contribution in [0.15, 0.2) is 0 Å². The van der Waals surface area contributed by atoms with E-state index >= 15 is 0 Å². The summed E-state index contributed by atoms with van der Waals surface area (Å²) in [5, 5.41) is 3.45. The maximum absolute atomic E-state index is 5.11. The number of rotatable bonds is 11. The minimum Gasteiger partial charge on any atom is -0.385 e. The maximum Gasteiger partial charge on any atom is 0.0462 e. The molecule has 0 aromatic heterocycles. The van der Waals surface area contributed by atoms with Crippen molar-refractivity contribution in [2.24, 2.45) is 5.92 Å². The number of nitrogens with one attached hydrogen (secondary N) is 1. The molecule has 2 atom stereocenters. The molecule has 0 saturated heterocycles. The van der Waals surface area contributed by atoms with E-state index in [1.54, 1.807) is 7.11 Å². The van der Waals surface area contributed by atoms with Crippen LogP contribution in [0.3, 0.4) is 0 Å². The number of hydrogen-bond donors (Lipinski definition) is 1. The summed E-state index contributed by atoms with van der Waals surface area (Å²) in [4.78, 5) is 0. The first-order chi connectivity index (χ1) is 7.78. The minimum absolute atomic E-state index is 0.678. The Bertz CT molecular complexity index is 139. The van der Waals surface area contributed by atoms with E-state index in [0.717, 1.165) is 12.5 Å². The highest BCUT2D eigenvalue weighted by Crippen LogP contribution is 2.20. The number of unbranched alkanes of at least 4 members (excludes halogenated alkanes) is 1. The fraction of sp³-hybridized carbons (Fsp3) is 1.00. The van der Waals surface area contributed by atoms with Gasteiger partial charge < -0.3 is 10.1 Å². The monoisotopic (exact) mass is 229 g/mol. The summed E-state index contributed by atoms with van der Waals surface area (Å²) >= 11 is 0. The average Bonchev–Trinajstić information content (AvgIpc) is 2.32. The third-order valence-corrected chi connectivity index (χ3v) is 3.47. The first-order valence-corrected chi connectivity index (χ1v) is 6.94. The molecule has 0 aliphatic rings. The van der Waals surface area contributed by atoms with E-state index in [4.69, 9.17) is 4.74 Å². The Labute approximate surface area is 102 Å². The van der Waals surface area contributed by atoms with E-state index in [2.05, 4.69) is 26.2 Å². The van der Waals surface area contributed by atoms with E-state index in [1.807, 2.05) is 0 Å². The van der Waals surface area contributed by atoms with Gasteiger partial charge >= 0.3 is 0 Å². The van der Waals surface area contributed by atoms with Crippen molar-refractivity contribution in [2.45, 2.75) is 64.8 Å². The number of ether oxygens (including phenoxy) is 1. The summed E-state index contributed by atoms with van der Waals surface area (Å²) in [6.45, 7) is 5.49. The Balaban J connectivity index is 3.77. The second-order valence-electron chi connectivity index (χ2n) is 4.77. The molecule has 0 bridgehead atoms. The van der Waals surface area contributed by atoms with Gasteiger partial charge in [-0.15, -0.1) is 0 Å². The van der Waals surface area contributed by atoms with Gasteiger partial charge in [-0.1, -0.05) is 39.5 Å². The van der Waals surface area contributed by atoms with Gasteiger partial charge in [-0.3, -0.25) is 0 Å². The van der Waals surface area contributed by atoms with Crippen LogP contribution in [0.4, 0.5) is 0 Å². The van der Waals surface area contributed by atoms with Crippen molar-refractivity contribution in [3.05, 3.63) is 0 Å². The molecule has 0 heterocycles. The molecule has 0 rings (SSSR count). The Morgan fingerprint density at radius 3 is 2.38 bits per heavy atom. The molecule has 2 unspecified atom stereocenters. The van der Waals surface area contributed by atoms with Crippen molar-refractivity contribution < 1.29 is 4.74 Å². The van der Waals surface area contributed by atoms with Crippen LogP contribution < -0.4 is 5.32 Å². The highest BCUT2D eigenvalue weighted by atomic mass is 16.5. The summed E-state index contributed by atoms with van der Waals surface area (Å²) in [5.41, 5.74) is 0. The average molecular weight is 229 g/mol. The van der Waals surface area contributed by atoms with E-state index in [0.29, 0.717) is 6.04 Å². The van der Waals surface area contributed by atoms with E-state index in [-0.39, 0.29) is 0 Å². The van der Waals surface area contributed by atoms with Crippen LogP contribution in [0.1, 0.15) is 58.8 Å². The van der Waals surface area contributed by atoms with Gasteiger partial charge in [-0.05, 0) is 32.2 Å². The van der Waals surface area contributed by atoms with Crippen LogP contribution in [0.25, 0.3) is 0 Å². The first kappa shape index (κ1) is 15.9. The molecule has 0 fully saturated rings. The molecule has 1 N–H and O–H groups in total. The molecule has 0 radical (unpaired) electrons. The van der Waals surface area contributed by atoms with Crippen LogP contribution in [-0.4, -0.2) is 26.8 Å². The normalized spacial score (nSPS) is 15.0. The predicted molar refractivity (Wildman–Crippen MR) is 71.9 cm³/mol. The van der Waals surface area contributed by atoms with Crippen molar-refractivity contribution >= 4 is 0 Å². The topological polar surface area (TPSA) is 21.3 Å². The van der Waals surface area contributed by atoms with Crippen LogP contribution >= 0.6 is 0 Å². The third-order valence-electron chi connectivity index (χ3n) is 3.47. The third kappa shape index (κ3) is 8.12. The molecular formula is C14H31NO. The summed E-state index contributed by atoms with van der Waals surface area (Å²) in [5.74, 6) is 0.903. The molecule has 0 saturated carbocycles. The fourth-order valence-corrected chi connectivity index (χ4v) is 2.24. The molecule has 0 spiro atoms. The molecule has 98 valence electrons. The van der Waals surface area contributed by atoms with Crippen LogP contribution in [0.5, 0.6) is 0 Å². The second kappa shape index (κ2) is 11.4. The van der Waals surface area contributed by atoms with Gasteiger partial charge in [0.1, 0.15) is 0 Å². The predicted octanol–water partition coefficient (Wildman–Crippen LogP) is 3.61. The van der Waals surface area contributed by atoms with Gasteiger partial charge in [0, 0.05) is 19.8 Å². The smallest absolute Gasteiger partial charge is 0.0462 e. The standard InChI is InChI=1S/C14H31NO/c1-5-7-9-13(6-2)12-14(15-3)10-8-11-16-4/h13-15H,5-12H2,1-4H3. The molecule has 0 aromatic carbocycles. The second-order valence-corrected chi connectivity index (χ2v) is 4.77. The number of hydrogen-bond acceptors (Lipinski definition) is 2. The Kier molecular flexibility index (Phi) is 11.3. The molecule has 0 aliphatic heterocycles. The van der Waals surface area contributed by atoms with E-state index < -0.39 is 0 Å². The van der Waals surface area contributed by atoms with Gasteiger partial charge in [-0.2, -0.15) is 0 Å². The number of methoxy groups -OCH3 is 1. The summed E-state index contributed by atoms with van der Waals surface area (Å²) in [6.07, 6.45) is 9.17. The molecule has 2 heteroatoms. The summed E-state index contributed by atoms with van der Waals surface area (Å²) < 4.78 is 5.11. The maximum atomic E-state index is 5.11. The van der Waals surface area contributed by atoms with Crippen molar-refractivity contribution in [3.8, 4) is 0 Å². The highest BCUT2D eigenvalue weighted by molar-refractivity contribution is 4.70. The van der Waals surface area contributed by atoms with Gasteiger partial charge in [0.05, 0.1) is 0 Å². The van der Waals surface area contributed by atoms with Crippen molar-refractivity contribution in [3.63, 3.8) is 0 Å². The zero-order valence-electron chi connectivity index (χ0n) is 11.7. The molecular weight excluding hydrogens is 198 g/mol. The minimum atomic E-state index is 0.678. The van der Waals surface area contributed by atoms with E-state index in [9.17, 15) is 0 Å². The quantitative estimate of drug-likeness (QED) is 0.547. The highest BCUT2D eigenvalue weighted by Gasteiger charge is 2.13. The molecule has 2 nitrogen and oxygen atoms in total. The summed E-state index contributed by atoms with van der Waals surface area (Å²) in [6, 6.07) is 0.678. The Hall–Kier alpha value is -0.0800. The van der Waals surface area contributed by atoms with Gasteiger partial charge in [-0.25, -0.2) is 0 Å². The molecule has 0 aromatic rings. The van der Waals surface area contributed by atoms with Crippen LogP contribution in [0.2, 0.25) is 0 Å². The fourth-order valence-electron chi connectivity index (χ4n) is 2.24. The lowest BCUT2D eigenvalue weighted by molar-refractivity contribution is 0.186. The lowest BCUT2D eigenvalue weighted by atomic mass is 9.90. The van der Waals surface area contributed by atoms with Crippen molar-refractivity contribution in [1.82, 2.24) is 5.32 Å². The Morgan fingerprint density at radius 1 is 1.12 bits per heavy atom. The van der Waals surface area contributed by atoms with Crippen molar-refractivity contribution in [1.29, 1.82) is 0 Å². The SMILES string of the molecule is CCCCC(CC)CC(CCCOC)NC. The van der Waals surface area contributed by atoms with Crippen LogP contribution in [-0.2, 0) is 4.74 Å². The molecule has 0 amide bonds. The van der Waals surface area contributed by atoms with Crippen LogP contribution in [0, 0.1) is 5.92 Å². The first-order valence-electron chi connectivity index (χ1n) is 6.94. The van der Waals surface area contributed by atoms with Gasteiger partial charge in [0.25, 0.3) is 0 Å². The largest absolute Gasteiger partial charge is 0.385 e. The Morgan fingerprint density at radius 2 is 1.88 bits per heavy atom. The van der Waals surface area contributed by atoms with Gasteiger partial charge in [0.15, 0.2) is 0 Å².